The summed E-state index contributed by atoms with van der Waals surface area (Å²) in [7, 11) is 0. The van der Waals surface area contributed by atoms with E-state index in [1.807, 2.05) is 6.07 Å². The lowest BCUT2D eigenvalue weighted by molar-refractivity contribution is 0.0526. The molecule has 102 valence electrons. The van der Waals surface area contributed by atoms with Crippen LogP contribution in [0.5, 0.6) is 0 Å². The van der Waals surface area contributed by atoms with Gasteiger partial charge in [0.05, 0.1) is 17.7 Å². The molecule has 0 aromatic carbocycles. The number of aromatic amines is 1. The first-order valence-electron chi connectivity index (χ1n) is 5.97. The molecule has 0 spiro atoms. The Morgan fingerprint density at radius 2 is 2.25 bits per heavy atom. The highest BCUT2D eigenvalue weighted by Crippen LogP contribution is 2.18. The lowest BCUT2D eigenvalue weighted by atomic mass is 10.3. The van der Waals surface area contributed by atoms with Crippen LogP contribution in [0.1, 0.15) is 17.3 Å². The van der Waals surface area contributed by atoms with Gasteiger partial charge in [-0.3, -0.25) is 4.79 Å². The van der Waals surface area contributed by atoms with Crippen molar-refractivity contribution in [2.75, 3.05) is 6.61 Å². The minimum absolute atomic E-state index is 0.287. The van der Waals surface area contributed by atoms with Crippen LogP contribution < -0.4 is 5.56 Å². The molecule has 0 aliphatic heterocycles. The summed E-state index contributed by atoms with van der Waals surface area (Å²) < 4.78 is 7.36. The lowest BCUT2D eigenvalue weighted by Gasteiger charge is -2.01. The fourth-order valence-electron chi connectivity index (χ4n) is 2.04. The van der Waals surface area contributed by atoms with Crippen molar-refractivity contribution in [1.82, 2.24) is 14.4 Å². The Hall–Kier alpha value is -2.15. The zero-order valence-electron chi connectivity index (χ0n) is 10.5. The molecule has 0 aliphatic rings. The van der Waals surface area contributed by atoms with Crippen molar-refractivity contribution in [1.29, 1.82) is 0 Å². The molecule has 3 aromatic heterocycles. The molecule has 0 bridgehead atoms. The van der Waals surface area contributed by atoms with E-state index in [2.05, 4.69) is 25.9 Å². The number of ether oxygens (including phenoxy) is 1. The number of nitrogens with one attached hydrogen (secondary N) is 1. The molecule has 0 saturated carbocycles. The van der Waals surface area contributed by atoms with Gasteiger partial charge in [-0.1, -0.05) is 0 Å². The normalized spacial score (nSPS) is 11.1. The second-order valence-electron chi connectivity index (χ2n) is 4.18. The van der Waals surface area contributed by atoms with Crippen LogP contribution in [0, 0.1) is 0 Å². The van der Waals surface area contributed by atoms with Gasteiger partial charge in [0.25, 0.3) is 5.56 Å². The van der Waals surface area contributed by atoms with Gasteiger partial charge in [-0.25, -0.2) is 9.78 Å². The van der Waals surface area contributed by atoms with Crippen LogP contribution in [0.25, 0.3) is 16.7 Å². The Bertz CT molecular complexity index is 882. The van der Waals surface area contributed by atoms with Gasteiger partial charge >= 0.3 is 5.97 Å². The maximum absolute atomic E-state index is 12.0. The number of H-pyrrole nitrogens is 1. The maximum Gasteiger partial charge on any atom is 0.339 e. The Morgan fingerprint density at radius 1 is 1.45 bits per heavy atom. The van der Waals surface area contributed by atoms with Crippen LogP contribution in [-0.2, 0) is 4.74 Å². The zero-order chi connectivity index (χ0) is 14.3. The van der Waals surface area contributed by atoms with E-state index >= 15 is 0 Å². The van der Waals surface area contributed by atoms with Crippen molar-refractivity contribution in [3.8, 4) is 0 Å². The third-order valence-electron chi connectivity index (χ3n) is 2.89. The highest BCUT2D eigenvalue weighted by molar-refractivity contribution is 9.10. The number of halogens is 1. The summed E-state index contributed by atoms with van der Waals surface area (Å²) in [5, 5.41) is 0. The molecule has 20 heavy (non-hydrogen) atoms. The topological polar surface area (TPSA) is 76.5 Å². The second kappa shape index (κ2) is 4.75. The number of esters is 1. The largest absolute Gasteiger partial charge is 0.462 e. The van der Waals surface area contributed by atoms with Crippen molar-refractivity contribution in [2.45, 2.75) is 6.92 Å². The number of carbonyl (C=O) groups is 1. The SMILES string of the molecule is CCOC(=O)c1cc2c(=O)[nH]c3ncc(Br)cc3n2c1. The number of nitrogens with zero attached hydrogens (tertiary/aromatic N) is 2. The zero-order valence-corrected chi connectivity index (χ0v) is 12.1. The molecule has 1 N–H and O–H groups in total. The minimum atomic E-state index is -0.452. The van der Waals surface area contributed by atoms with Gasteiger partial charge in [0.2, 0.25) is 0 Å². The van der Waals surface area contributed by atoms with Crippen LogP contribution in [0.15, 0.2) is 33.8 Å². The number of aromatic nitrogens is 3. The molecule has 0 atom stereocenters. The molecule has 3 heterocycles. The summed E-state index contributed by atoms with van der Waals surface area (Å²) in [6.45, 7) is 2.02. The van der Waals surface area contributed by atoms with E-state index in [-0.39, 0.29) is 12.2 Å². The van der Waals surface area contributed by atoms with Crippen LogP contribution in [0.4, 0.5) is 0 Å². The molecule has 0 fully saturated rings. The highest BCUT2D eigenvalue weighted by Gasteiger charge is 2.14. The maximum atomic E-state index is 12.0. The van der Waals surface area contributed by atoms with Crippen LogP contribution in [0.2, 0.25) is 0 Å². The summed E-state index contributed by atoms with van der Waals surface area (Å²) in [5.74, 6) is -0.452. The van der Waals surface area contributed by atoms with E-state index < -0.39 is 5.97 Å². The molecule has 3 aromatic rings. The smallest absolute Gasteiger partial charge is 0.339 e. The average Bonchev–Trinajstić information content (AvgIpc) is 2.86. The molecule has 0 aliphatic carbocycles. The van der Waals surface area contributed by atoms with Gasteiger partial charge in [-0.05, 0) is 35.0 Å². The van der Waals surface area contributed by atoms with E-state index in [1.165, 1.54) is 6.07 Å². The van der Waals surface area contributed by atoms with Gasteiger partial charge in [0.1, 0.15) is 5.52 Å². The predicted octanol–water partition coefficient (Wildman–Crippen LogP) is 2.12. The number of hydrogen-bond donors (Lipinski definition) is 1. The van der Waals surface area contributed by atoms with Gasteiger partial charge in [-0.2, -0.15) is 0 Å². The Morgan fingerprint density at radius 3 is 3.00 bits per heavy atom. The summed E-state index contributed by atoms with van der Waals surface area (Å²) >= 11 is 3.34. The van der Waals surface area contributed by atoms with Crippen LogP contribution >= 0.6 is 15.9 Å². The van der Waals surface area contributed by atoms with Crippen molar-refractivity contribution in [3.05, 3.63) is 44.9 Å². The summed E-state index contributed by atoms with van der Waals surface area (Å²) in [6.07, 6.45) is 3.18. The molecule has 6 nitrogen and oxygen atoms in total. The van der Waals surface area contributed by atoms with Crippen LogP contribution in [-0.4, -0.2) is 26.9 Å². The number of fused-ring (bicyclic) bond motifs is 3. The molecular formula is C13H10BrN3O3. The molecule has 7 heteroatoms. The van der Waals surface area contributed by atoms with Gasteiger partial charge in [0.15, 0.2) is 5.65 Å². The van der Waals surface area contributed by atoms with Gasteiger partial charge in [-0.15, -0.1) is 0 Å². The fraction of sp³-hybridized carbons (Fsp3) is 0.154. The minimum Gasteiger partial charge on any atom is -0.462 e. The fourth-order valence-corrected chi connectivity index (χ4v) is 2.36. The first-order chi connectivity index (χ1) is 9.60. The van der Waals surface area contributed by atoms with Gasteiger partial charge in [0, 0.05) is 16.9 Å². The predicted molar refractivity (Wildman–Crippen MR) is 77.0 cm³/mol. The molecule has 0 amide bonds. The molecule has 3 rings (SSSR count). The molecule has 0 unspecified atom stereocenters. The Labute approximate surface area is 121 Å². The number of hydrogen-bond acceptors (Lipinski definition) is 4. The van der Waals surface area contributed by atoms with E-state index in [4.69, 9.17) is 4.74 Å². The van der Waals surface area contributed by atoms with Crippen LogP contribution in [0.3, 0.4) is 0 Å². The molecule has 0 saturated heterocycles. The second-order valence-corrected chi connectivity index (χ2v) is 5.10. The quantitative estimate of drug-likeness (QED) is 0.727. The average molecular weight is 336 g/mol. The molecular weight excluding hydrogens is 326 g/mol. The third-order valence-corrected chi connectivity index (χ3v) is 3.32. The number of rotatable bonds is 2. The summed E-state index contributed by atoms with van der Waals surface area (Å²) in [4.78, 5) is 30.6. The number of carbonyl (C=O) groups excluding carboxylic acids is 1. The Kier molecular flexibility index (Phi) is 3.06. The van der Waals surface area contributed by atoms with E-state index in [0.29, 0.717) is 22.2 Å². The van der Waals surface area contributed by atoms with Gasteiger partial charge < -0.3 is 14.1 Å². The lowest BCUT2D eigenvalue weighted by Crippen LogP contribution is -2.10. The first kappa shape index (κ1) is 12.9. The molecule has 0 radical (unpaired) electrons. The highest BCUT2D eigenvalue weighted by atomic mass is 79.9. The van der Waals surface area contributed by atoms with E-state index in [9.17, 15) is 9.59 Å². The monoisotopic (exact) mass is 335 g/mol. The van der Waals surface area contributed by atoms with Crippen molar-refractivity contribution < 1.29 is 9.53 Å². The standard InChI is InChI=1S/C13H10BrN3O3/c1-2-20-13(19)7-3-10-12(18)16-11-9(17(10)6-7)4-8(14)5-15-11/h3-6H,2H2,1H3,(H,15,16,18). The number of pyridine rings is 1. The first-order valence-corrected chi connectivity index (χ1v) is 6.76. The van der Waals surface area contributed by atoms with E-state index in [0.717, 1.165) is 4.47 Å². The Balaban J connectivity index is 2.34. The van der Waals surface area contributed by atoms with E-state index in [1.54, 1.807) is 23.7 Å². The van der Waals surface area contributed by atoms with Crippen molar-refractivity contribution >= 4 is 38.6 Å². The van der Waals surface area contributed by atoms with Crippen molar-refractivity contribution in [3.63, 3.8) is 0 Å². The summed E-state index contributed by atoms with van der Waals surface area (Å²) in [5.41, 5.74) is 1.56. The van der Waals surface area contributed by atoms with Crippen molar-refractivity contribution in [2.24, 2.45) is 0 Å². The third kappa shape index (κ3) is 2.00. The summed E-state index contributed by atoms with van der Waals surface area (Å²) in [6, 6.07) is 3.33.